The smallest absolute Gasteiger partial charge is 0.0445 e. The van der Waals surface area contributed by atoms with Gasteiger partial charge in [-0.15, -0.1) is 0 Å². The number of benzene rings is 1. The summed E-state index contributed by atoms with van der Waals surface area (Å²) >= 11 is 0. The highest BCUT2D eigenvalue weighted by molar-refractivity contribution is 5.14. The highest BCUT2D eigenvalue weighted by Crippen LogP contribution is 2.22. The molecule has 1 aromatic rings. The number of likely N-dealkylation sites (tertiary alicyclic amines) is 1. The molecule has 0 saturated carbocycles. The molecular weight excluding hydrogens is 236 g/mol. The maximum atomic E-state index is 9.15. The highest BCUT2D eigenvalue weighted by atomic mass is 16.3. The van der Waals surface area contributed by atoms with E-state index in [0.29, 0.717) is 12.0 Å². The normalized spacial score (nSPS) is 22.3. The van der Waals surface area contributed by atoms with Crippen LogP contribution < -0.4 is 5.32 Å². The van der Waals surface area contributed by atoms with Gasteiger partial charge in [-0.25, -0.2) is 0 Å². The first-order chi connectivity index (χ1) is 9.33. The summed E-state index contributed by atoms with van der Waals surface area (Å²) in [5.41, 5.74) is 1.39. The Kier molecular flexibility index (Phi) is 5.83. The molecule has 0 aliphatic carbocycles. The Balaban J connectivity index is 1.89. The molecule has 0 amide bonds. The predicted octanol–water partition coefficient (Wildman–Crippen LogP) is 1.87. The van der Waals surface area contributed by atoms with Crippen molar-refractivity contribution in [2.24, 2.45) is 5.92 Å². The van der Waals surface area contributed by atoms with Crippen LogP contribution >= 0.6 is 0 Å². The van der Waals surface area contributed by atoms with E-state index in [1.54, 1.807) is 0 Å². The van der Waals surface area contributed by atoms with Gasteiger partial charge in [0.05, 0.1) is 0 Å². The lowest BCUT2D eigenvalue weighted by molar-refractivity contribution is 0.130. The molecule has 0 aromatic heterocycles. The van der Waals surface area contributed by atoms with E-state index in [1.807, 2.05) is 7.05 Å². The molecule has 0 bridgehead atoms. The summed E-state index contributed by atoms with van der Waals surface area (Å²) in [5.74, 6) is 0.662. The number of aliphatic hydroxyl groups is 1. The van der Waals surface area contributed by atoms with Crippen LogP contribution in [0.4, 0.5) is 0 Å². The zero-order chi connectivity index (χ0) is 13.5. The van der Waals surface area contributed by atoms with Crippen LogP contribution in [0.3, 0.4) is 0 Å². The minimum absolute atomic E-state index is 0.278. The van der Waals surface area contributed by atoms with E-state index in [-0.39, 0.29) is 6.61 Å². The van der Waals surface area contributed by atoms with Gasteiger partial charge in [-0.05, 0) is 44.3 Å². The molecule has 0 radical (unpaired) electrons. The Bertz CT molecular complexity index is 355. The van der Waals surface area contributed by atoms with Crippen molar-refractivity contribution in [3.05, 3.63) is 35.9 Å². The average molecular weight is 262 g/mol. The van der Waals surface area contributed by atoms with E-state index < -0.39 is 0 Å². The van der Waals surface area contributed by atoms with Gasteiger partial charge in [0, 0.05) is 25.7 Å². The molecule has 3 nitrogen and oxygen atoms in total. The van der Waals surface area contributed by atoms with Gasteiger partial charge in [-0.2, -0.15) is 0 Å². The first kappa shape index (κ1) is 14.5. The Labute approximate surface area is 116 Å². The zero-order valence-corrected chi connectivity index (χ0v) is 11.9. The number of hydrogen-bond acceptors (Lipinski definition) is 3. The van der Waals surface area contributed by atoms with Crippen LogP contribution in [0.1, 0.15) is 24.8 Å². The molecule has 0 spiro atoms. The largest absolute Gasteiger partial charge is 0.396 e. The highest BCUT2D eigenvalue weighted by Gasteiger charge is 2.25. The molecule has 1 fully saturated rings. The SMILES string of the molecule is CNC(CCO)C1CCCN(Cc2ccccc2)C1. The maximum Gasteiger partial charge on any atom is 0.0445 e. The van der Waals surface area contributed by atoms with Crippen molar-refractivity contribution in [1.82, 2.24) is 10.2 Å². The van der Waals surface area contributed by atoms with E-state index in [2.05, 4.69) is 40.5 Å². The number of aliphatic hydroxyl groups excluding tert-OH is 1. The summed E-state index contributed by atoms with van der Waals surface area (Å²) in [6.07, 6.45) is 3.40. The fourth-order valence-electron chi connectivity index (χ4n) is 3.16. The van der Waals surface area contributed by atoms with Gasteiger partial charge in [0.25, 0.3) is 0 Å². The molecular formula is C16H26N2O. The third-order valence-electron chi connectivity index (χ3n) is 4.17. The lowest BCUT2D eigenvalue weighted by Crippen LogP contribution is -2.44. The average Bonchev–Trinajstić information content (AvgIpc) is 2.46. The minimum atomic E-state index is 0.278. The molecule has 19 heavy (non-hydrogen) atoms. The molecule has 1 heterocycles. The number of rotatable bonds is 6. The maximum absolute atomic E-state index is 9.15. The van der Waals surface area contributed by atoms with Crippen molar-refractivity contribution < 1.29 is 5.11 Å². The summed E-state index contributed by atoms with van der Waals surface area (Å²) in [5, 5.41) is 12.5. The summed E-state index contributed by atoms with van der Waals surface area (Å²) in [6.45, 7) is 3.66. The summed E-state index contributed by atoms with van der Waals surface area (Å²) in [7, 11) is 2.01. The van der Waals surface area contributed by atoms with Crippen LogP contribution in [0.2, 0.25) is 0 Å². The van der Waals surface area contributed by atoms with Gasteiger partial charge in [0.1, 0.15) is 0 Å². The van der Waals surface area contributed by atoms with Crippen molar-refractivity contribution in [2.75, 3.05) is 26.7 Å². The van der Waals surface area contributed by atoms with Crippen molar-refractivity contribution >= 4 is 0 Å². The first-order valence-corrected chi connectivity index (χ1v) is 7.38. The predicted molar refractivity (Wildman–Crippen MR) is 79.0 cm³/mol. The Morgan fingerprint density at radius 1 is 1.37 bits per heavy atom. The van der Waals surface area contributed by atoms with Gasteiger partial charge in [0.15, 0.2) is 0 Å². The van der Waals surface area contributed by atoms with Gasteiger partial charge >= 0.3 is 0 Å². The lowest BCUT2D eigenvalue weighted by Gasteiger charge is -2.37. The van der Waals surface area contributed by atoms with Gasteiger partial charge in [0.2, 0.25) is 0 Å². The van der Waals surface area contributed by atoms with E-state index >= 15 is 0 Å². The minimum Gasteiger partial charge on any atom is -0.396 e. The zero-order valence-electron chi connectivity index (χ0n) is 11.9. The van der Waals surface area contributed by atoms with E-state index in [4.69, 9.17) is 5.11 Å². The monoisotopic (exact) mass is 262 g/mol. The fraction of sp³-hybridized carbons (Fsp3) is 0.625. The van der Waals surface area contributed by atoms with Crippen molar-refractivity contribution in [3.63, 3.8) is 0 Å². The molecule has 1 aromatic carbocycles. The van der Waals surface area contributed by atoms with E-state index in [1.165, 1.54) is 24.9 Å². The number of piperidine rings is 1. The molecule has 2 N–H and O–H groups in total. The topological polar surface area (TPSA) is 35.5 Å². The molecule has 2 atom stereocenters. The molecule has 3 heteroatoms. The third kappa shape index (κ3) is 4.30. The van der Waals surface area contributed by atoms with E-state index in [0.717, 1.165) is 19.5 Å². The standard InChI is InChI=1S/C16H26N2O/c1-17-16(9-11-19)15-8-5-10-18(13-15)12-14-6-3-2-4-7-14/h2-4,6-7,15-17,19H,5,8-13H2,1H3. The van der Waals surface area contributed by atoms with Crippen LogP contribution in [0.25, 0.3) is 0 Å². The van der Waals surface area contributed by atoms with Gasteiger partial charge in [-0.1, -0.05) is 30.3 Å². The van der Waals surface area contributed by atoms with Crippen LogP contribution in [0.15, 0.2) is 30.3 Å². The van der Waals surface area contributed by atoms with Crippen LogP contribution in [0.5, 0.6) is 0 Å². The molecule has 1 aliphatic rings. The van der Waals surface area contributed by atoms with Crippen molar-refractivity contribution in [1.29, 1.82) is 0 Å². The fourth-order valence-corrected chi connectivity index (χ4v) is 3.16. The molecule has 1 aliphatic heterocycles. The van der Waals surface area contributed by atoms with Crippen LogP contribution in [-0.2, 0) is 6.54 Å². The lowest BCUT2D eigenvalue weighted by atomic mass is 9.89. The summed E-state index contributed by atoms with van der Waals surface area (Å²) < 4.78 is 0. The molecule has 106 valence electrons. The van der Waals surface area contributed by atoms with Crippen LogP contribution in [-0.4, -0.2) is 42.8 Å². The summed E-state index contributed by atoms with van der Waals surface area (Å²) in [4.78, 5) is 2.55. The second-order valence-corrected chi connectivity index (χ2v) is 5.53. The van der Waals surface area contributed by atoms with Gasteiger partial charge in [-0.3, -0.25) is 4.90 Å². The molecule has 2 unspecified atom stereocenters. The quantitative estimate of drug-likeness (QED) is 0.821. The van der Waals surface area contributed by atoms with Crippen molar-refractivity contribution in [2.45, 2.75) is 31.8 Å². The third-order valence-corrected chi connectivity index (χ3v) is 4.17. The molecule has 2 rings (SSSR count). The second-order valence-electron chi connectivity index (χ2n) is 5.53. The number of nitrogens with zero attached hydrogens (tertiary/aromatic N) is 1. The number of hydrogen-bond donors (Lipinski definition) is 2. The summed E-state index contributed by atoms with van der Waals surface area (Å²) in [6, 6.07) is 11.1. The second kappa shape index (κ2) is 7.63. The number of nitrogens with one attached hydrogen (secondary N) is 1. The Morgan fingerprint density at radius 3 is 2.84 bits per heavy atom. The van der Waals surface area contributed by atoms with Crippen LogP contribution in [0, 0.1) is 5.92 Å². The van der Waals surface area contributed by atoms with E-state index in [9.17, 15) is 0 Å². The van der Waals surface area contributed by atoms with Gasteiger partial charge < -0.3 is 10.4 Å². The molecule has 1 saturated heterocycles. The van der Waals surface area contributed by atoms with Crippen molar-refractivity contribution in [3.8, 4) is 0 Å². The Hall–Kier alpha value is -0.900. The Morgan fingerprint density at radius 2 is 2.16 bits per heavy atom. The first-order valence-electron chi connectivity index (χ1n) is 7.38.